The standard InChI is InChI=1S/C19H29N5O3/c1-12-9-13(2)11-24(10-12)18-17-14(3)23-27-19(17)22-15(21-18)5-6-16(25)20-7-8-26-4/h12-13H,5-11H2,1-4H3,(H,20,25)/t12-,13+. The summed E-state index contributed by atoms with van der Waals surface area (Å²) in [4.78, 5) is 23.6. The van der Waals surface area contributed by atoms with Crippen molar-refractivity contribution in [2.45, 2.75) is 40.0 Å². The number of hydrogen-bond donors (Lipinski definition) is 1. The van der Waals surface area contributed by atoms with E-state index in [2.05, 4.69) is 34.2 Å². The number of amides is 1. The minimum Gasteiger partial charge on any atom is -0.383 e. The van der Waals surface area contributed by atoms with Crippen LogP contribution in [0.1, 0.15) is 38.2 Å². The van der Waals surface area contributed by atoms with E-state index in [4.69, 9.17) is 14.2 Å². The summed E-state index contributed by atoms with van der Waals surface area (Å²) in [7, 11) is 1.61. The number of carbonyl (C=O) groups excluding carboxylic acids is 1. The zero-order valence-corrected chi connectivity index (χ0v) is 16.6. The number of nitrogens with zero attached hydrogens (tertiary/aromatic N) is 4. The Morgan fingerprint density at radius 2 is 2.04 bits per heavy atom. The van der Waals surface area contributed by atoms with Crippen molar-refractivity contribution in [1.82, 2.24) is 20.4 Å². The van der Waals surface area contributed by atoms with E-state index in [9.17, 15) is 4.79 Å². The molecule has 0 aromatic carbocycles. The Balaban J connectivity index is 1.80. The summed E-state index contributed by atoms with van der Waals surface area (Å²) in [6.07, 6.45) is 2.01. The van der Waals surface area contributed by atoms with E-state index >= 15 is 0 Å². The van der Waals surface area contributed by atoms with Gasteiger partial charge >= 0.3 is 0 Å². The van der Waals surface area contributed by atoms with Crippen molar-refractivity contribution >= 4 is 22.8 Å². The highest BCUT2D eigenvalue weighted by atomic mass is 16.5. The van der Waals surface area contributed by atoms with Crippen LogP contribution in [0.25, 0.3) is 11.1 Å². The van der Waals surface area contributed by atoms with Crippen LogP contribution in [0.15, 0.2) is 4.52 Å². The van der Waals surface area contributed by atoms with Crippen molar-refractivity contribution in [3.05, 3.63) is 11.5 Å². The monoisotopic (exact) mass is 375 g/mol. The lowest BCUT2D eigenvalue weighted by molar-refractivity contribution is -0.121. The lowest BCUT2D eigenvalue weighted by Gasteiger charge is -2.36. The molecule has 0 saturated carbocycles. The largest absolute Gasteiger partial charge is 0.383 e. The second kappa shape index (κ2) is 8.65. The van der Waals surface area contributed by atoms with Crippen molar-refractivity contribution in [1.29, 1.82) is 0 Å². The molecule has 148 valence electrons. The number of methoxy groups -OCH3 is 1. The van der Waals surface area contributed by atoms with Crippen molar-refractivity contribution in [3.8, 4) is 0 Å². The lowest BCUT2D eigenvalue weighted by Crippen LogP contribution is -2.39. The van der Waals surface area contributed by atoms with E-state index in [0.29, 0.717) is 49.4 Å². The highest BCUT2D eigenvalue weighted by molar-refractivity contribution is 5.88. The van der Waals surface area contributed by atoms with Gasteiger partial charge in [0.15, 0.2) is 0 Å². The molecular weight excluding hydrogens is 346 g/mol. The number of hydrogen-bond acceptors (Lipinski definition) is 7. The topological polar surface area (TPSA) is 93.4 Å². The number of nitrogens with one attached hydrogen (secondary N) is 1. The van der Waals surface area contributed by atoms with Crippen LogP contribution in [0, 0.1) is 18.8 Å². The highest BCUT2D eigenvalue weighted by Gasteiger charge is 2.27. The first kappa shape index (κ1) is 19.5. The lowest BCUT2D eigenvalue weighted by atomic mass is 9.92. The molecule has 0 unspecified atom stereocenters. The molecule has 3 rings (SSSR count). The predicted molar refractivity (Wildman–Crippen MR) is 103 cm³/mol. The third kappa shape index (κ3) is 4.74. The van der Waals surface area contributed by atoms with Gasteiger partial charge in [-0.1, -0.05) is 19.0 Å². The van der Waals surface area contributed by atoms with Crippen LogP contribution < -0.4 is 10.2 Å². The molecule has 1 aliphatic heterocycles. The van der Waals surface area contributed by atoms with E-state index in [1.165, 1.54) is 6.42 Å². The fourth-order valence-corrected chi connectivity index (χ4v) is 3.79. The summed E-state index contributed by atoms with van der Waals surface area (Å²) in [5.74, 6) is 2.67. The van der Waals surface area contributed by atoms with E-state index in [1.807, 2.05) is 6.92 Å². The first-order valence-corrected chi connectivity index (χ1v) is 9.61. The van der Waals surface area contributed by atoms with Gasteiger partial charge in [0.25, 0.3) is 5.71 Å². The number of aryl methyl sites for hydroxylation is 2. The molecule has 0 aliphatic carbocycles. The van der Waals surface area contributed by atoms with Crippen LogP contribution in [0.2, 0.25) is 0 Å². The fraction of sp³-hybridized carbons (Fsp3) is 0.684. The average molecular weight is 375 g/mol. The number of carbonyl (C=O) groups is 1. The van der Waals surface area contributed by atoms with Gasteiger partial charge in [0.05, 0.1) is 12.3 Å². The molecule has 1 aliphatic rings. The number of fused-ring (bicyclic) bond motifs is 1. The number of piperidine rings is 1. The molecule has 0 radical (unpaired) electrons. The summed E-state index contributed by atoms with van der Waals surface area (Å²) in [6.45, 7) is 9.38. The van der Waals surface area contributed by atoms with Gasteiger partial charge in [-0.25, -0.2) is 4.98 Å². The highest BCUT2D eigenvalue weighted by Crippen LogP contribution is 2.31. The Labute approximate surface area is 159 Å². The SMILES string of the molecule is COCCNC(=O)CCc1nc(N2C[C@H](C)C[C@H](C)C2)c2c(C)noc2n1. The Morgan fingerprint density at radius 1 is 1.30 bits per heavy atom. The summed E-state index contributed by atoms with van der Waals surface area (Å²) in [5, 5.41) is 7.78. The van der Waals surface area contributed by atoms with Crippen LogP contribution in [0.4, 0.5) is 5.82 Å². The maximum absolute atomic E-state index is 12.0. The molecule has 2 aromatic rings. The zero-order chi connectivity index (χ0) is 19.4. The van der Waals surface area contributed by atoms with Crippen LogP contribution >= 0.6 is 0 Å². The van der Waals surface area contributed by atoms with Crippen molar-refractivity contribution < 1.29 is 14.1 Å². The molecule has 1 saturated heterocycles. The third-order valence-corrected chi connectivity index (χ3v) is 4.91. The summed E-state index contributed by atoms with van der Waals surface area (Å²) in [6, 6.07) is 0. The predicted octanol–water partition coefficient (Wildman–Crippen LogP) is 2.10. The van der Waals surface area contributed by atoms with E-state index in [0.717, 1.165) is 30.0 Å². The average Bonchev–Trinajstić information content (AvgIpc) is 3.00. The van der Waals surface area contributed by atoms with Gasteiger partial charge in [-0.3, -0.25) is 4.79 Å². The number of rotatable bonds is 7. The second-order valence-electron chi connectivity index (χ2n) is 7.61. The van der Waals surface area contributed by atoms with Gasteiger partial charge in [-0.2, -0.15) is 4.98 Å². The number of ether oxygens (including phenoxy) is 1. The molecule has 1 N–H and O–H groups in total. The summed E-state index contributed by atoms with van der Waals surface area (Å²) >= 11 is 0. The summed E-state index contributed by atoms with van der Waals surface area (Å²) < 4.78 is 10.4. The van der Waals surface area contributed by atoms with E-state index < -0.39 is 0 Å². The molecule has 8 heteroatoms. The van der Waals surface area contributed by atoms with Crippen molar-refractivity contribution in [3.63, 3.8) is 0 Å². The maximum Gasteiger partial charge on any atom is 0.263 e. The summed E-state index contributed by atoms with van der Waals surface area (Å²) in [5.41, 5.74) is 1.30. The molecule has 2 aromatic heterocycles. The first-order valence-electron chi connectivity index (χ1n) is 9.61. The molecule has 0 bridgehead atoms. The van der Waals surface area contributed by atoms with Gasteiger partial charge in [0, 0.05) is 39.6 Å². The maximum atomic E-state index is 12.0. The smallest absolute Gasteiger partial charge is 0.263 e. The molecule has 3 heterocycles. The molecule has 8 nitrogen and oxygen atoms in total. The van der Waals surface area contributed by atoms with Gasteiger partial charge in [0.1, 0.15) is 17.0 Å². The minimum atomic E-state index is -0.0359. The van der Waals surface area contributed by atoms with Gasteiger partial charge < -0.3 is 19.5 Å². The fourth-order valence-electron chi connectivity index (χ4n) is 3.79. The third-order valence-electron chi connectivity index (χ3n) is 4.91. The van der Waals surface area contributed by atoms with E-state index in [1.54, 1.807) is 7.11 Å². The first-order chi connectivity index (χ1) is 13.0. The van der Waals surface area contributed by atoms with Gasteiger partial charge in [-0.15, -0.1) is 0 Å². The van der Waals surface area contributed by atoms with Crippen LogP contribution in [0.3, 0.4) is 0 Å². The van der Waals surface area contributed by atoms with Gasteiger partial charge in [0.2, 0.25) is 5.91 Å². The Hall–Kier alpha value is -2.22. The Bertz CT molecular complexity index is 781. The number of aromatic nitrogens is 3. The zero-order valence-electron chi connectivity index (χ0n) is 16.6. The number of anilines is 1. The molecule has 0 spiro atoms. The molecule has 2 atom stereocenters. The van der Waals surface area contributed by atoms with Gasteiger partial charge in [-0.05, 0) is 25.2 Å². The normalized spacial score (nSPS) is 20.2. The second-order valence-corrected chi connectivity index (χ2v) is 7.61. The molecular formula is C19H29N5O3. The Kier molecular flexibility index (Phi) is 6.26. The van der Waals surface area contributed by atoms with Crippen LogP contribution in [0.5, 0.6) is 0 Å². The quantitative estimate of drug-likeness (QED) is 0.741. The van der Waals surface area contributed by atoms with Crippen LogP contribution in [-0.2, 0) is 16.0 Å². The van der Waals surface area contributed by atoms with Crippen molar-refractivity contribution in [2.75, 3.05) is 38.3 Å². The molecule has 27 heavy (non-hydrogen) atoms. The Morgan fingerprint density at radius 3 is 2.74 bits per heavy atom. The van der Waals surface area contributed by atoms with Crippen molar-refractivity contribution in [2.24, 2.45) is 11.8 Å². The minimum absolute atomic E-state index is 0.0359. The molecule has 1 fully saturated rings. The molecule has 1 amide bonds. The van der Waals surface area contributed by atoms with Crippen LogP contribution in [-0.4, -0.2) is 54.4 Å². The van der Waals surface area contributed by atoms with E-state index in [-0.39, 0.29) is 5.91 Å².